The summed E-state index contributed by atoms with van der Waals surface area (Å²) in [5.41, 5.74) is 2.15. The van der Waals surface area contributed by atoms with Gasteiger partial charge in [0.2, 0.25) is 0 Å². The molecule has 0 bridgehead atoms. The summed E-state index contributed by atoms with van der Waals surface area (Å²) in [7, 11) is 0. The molecule has 0 radical (unpaired) electrons. The number of benzene rings is 1. The number of amides is 1. The van der Waals surface area contributed by atoms with E-state index in [9.17, 15) is 4.79 Å². The monoisotopic (exact) mass is 291 g/mol. The second kappa shape index (κ2) is 6.09. The average molecular weight is 292 g/mol. The zero-order valence-corrected chi connectivity index (χ0v) is 12.6. The zero-order valence-electron chi connectivity index (χ0n) is 11.9. The van der Waals surface area contributed by atoms with Crippen molar-refractivity contribution in [2.75, 3.05) is 0 Å². The molecule has 106 valence electrons. The van der Waals surface area contributed by atoms with Crippen molar-refractivity contribution in [1.82, 2.24) is 15.1 Å². The molecule has 1 atom stereocenters. The first kappa shape index (κ1) is 14.6. The molecule has 0 aliphatic carbocycles. The van der Waals surface area contributed by atoms with Crippen molar-refractivity contribution in [2.45, 2.75) is 33.2 Å². The highest BCUT2D eigenvalue weighted by Gasteiger charge is 2.14. The van der Waals surface area contributed by atoms with Crippen LogP contribution in [0.3, 0.4) is 0 Å². The third-order valence-electron chi connectivity index (χ3n) is 3.16. The average Bonchev–Trinajstić information content (AvgIpc) is 2.80. The number of hydrogen-bond donors (Lipinski definition) is 1. The van der Waals surface area contributed by atoms with Gasteiger partial charge in [0.1, 0.15) is 0 Å². The summed E-state index contributed by atoms with van der Waals surface area (Å²) in [6.45, 7) is 5.91. The minimum absolute atomic E-state index is 0.138. The molecule has 1 N–H and O–H groups in total. The van der Waals surface area contributed by atoms with Crippen LogP contribution in [0.15, 0.2) is 30.3 Å². The number of nitrogens with one attached hydrogen (secondary N) is 1. The lowest BCUT2D eigenvalue weighted by Crippen LogP contribution is -2.32. The Balaban J connectivity index is 2.28. The highest BCUT2D eigenvalue weighted by molar-refractivity contribution is 6.30. The van der Waals surface area contributed by atoms with Crippen molar-refractivity contribution in [3.63, 3.8) is 0 Å². The molecule has 0 spiro atoms. The van der Waals surface area contributed by atoms with Crippen molar-refractivity contribution in [2.24, 2.45) is 0 Å². The van der Waals surface area contributed by atoms with Gasteiger partial charge in [-0.25, -0.2) is 4.68 Å². The molecule has 0 aliphatic heterocycles. The molecule has 1 amide bonds. The number of aromatic nitrogens is 2. The van der Waals surface area contributed by atoms with E-state index in [1.165, 1.54) is 0 Å². The van der Waals surface area contributed by atoms with Crippen LogP contribution in [0, 0.1) is 6.92 Å². The Hall–Kier alpha value is -1.81. The van der Waals surface area contributed by atoms with Crippen LogP contribution in [0.1, 0.15) is 36.5 Å². The van der Waals surface area contributed by atoms with Crippen molar-refractivity contribution < 1.29 is 4.79 Å². The van der Waals surface area contributed by atoms with Crippen LogP contribution in [-0.4, -0.2) is 21.7 Å². The molecule has 4 nitrogen and oxygen atoms in total. The molecule has 0 saturated heterocycles. The van der Waals surface area contributed by atoms with Crippen LogP contribution in [0.4, 0.5) is 0 Å². The largest absolute Gasteiger partial charge is 0.348 e. The SMILES string of the molecule is CCC(C)NC(=O)c1cc(C)n(-c2cccc(Cl)c2)n1. The van der Waals surface area contributed by atoms with Gasteiger partial charge in [0.15, 0.2) is 5.69 Å². The predicted octanol–water partition coefficient (Wildman–Crippen LogP) is 3.36. The van der Waals surface area contributed by atoms with Gasteiger partial charge >= 0.3 is 0 Å². The Kier molecular flexibility index (Phi) is 4.45. The highest BCUT2D eigenvalue weighted by Crippen LogP contribution is 2.16. The quantitative estimate of drug-likeness (QED) is 0.939. The summed E-state index contributed by atoms with van der Waals surface area (Å²) >= 11 is 5.98. The first-order chi connectivity index (χ1) is 9.51. The lowest BCUT2D eigenvalue weighted by Gasteiger charge is -2.09. The van der Waals surface area contributed by atoms with E-state index in [4.69, 9.17) is 11.6 Å². The lowest BCUT2D eigenvalue weighted by atomic mass is 10.2. The maximum atomic E-state index is 12.1. The number of halogens is 1. The van der Waals surface area contributed by atoms with E-state index in [-0.39, 0.29) is 11.9 Å². The number of carbonyl (C=O) groups is 1. The third kappa shape index (κ3) is 3.20. The molecule has 1 aromatic heterocycles. The van der Waals surface area contributed by atoms with Crippen LogP contribution < -0.4 is 5.32 Å². The van der Waals surface area contributed by atoms with Crippen LogP contribution in [0.25, 0.3) is 5.69 Å². The Morgan fingerprint density at radius 2 is 2.20 bits per heavy atom. The fourth-order valence-corrected chi connectivity index (χ4v) is 2.04. The van der Waals surface area contributed by atoms with E-state index >= 15 is 0 Å². The summed E-state index contributed by atoms with van der Waals surface area (Å²) in [4.78, 5) is 12.1. The minimum Gasteiger partial charge on any atom is -0.348 e. The number of hydrogen-bond acceptors (Lipinski definition) is 2. The molecule has 20 heavy (non-hydrogen) atoms. The van der Waals surface area contributed by atoms with Gasteiger partial charge in [0.25, 0.3) is 5.91 Å². The summed E-state index contributed by atoms with van der Waals surface area (Å²) in [5, 5.41) is 7.90. The number of nitrogens with zero attached hydrogens (tertiary/aromatic N) is 2. The molecule has 0 fully saturated rings. The van der Waals surface area contributed by atoms with Gasteiger partial charge in [0.05, 0.1) is 5.69 Å². The number of aryl methyl sites for hydroxylation is 1. The summed E-state index contributed by atoms with van der Waals surface area (Å²) < 4.78 is 1.72. The normalized spacial score (nSPS) is 12.2. The van der Waals surface area contributed by atoms with Crippen molar-refractivity contribution in [3.8, 4) is 5.69 Å². The third-order valence-corrected chi connectivity index (χ3v) is 3.40. The van der Waals surface area contributed by atoms with Gasteiger partial charge in [-0.3, -0.25) is 4.79 Å². The van der Waals surface area contributed by atoms with E-state index in [1.807, 2.05) is 39.0 Å². The molecule has 2 rings (SSSR count). The maximum Gasteiger partial charge on any atom is 0.272 e. The van der Waals surface area contributed by atoms with Crippen LogP contribution in [0.5, 0.6) is 0 Å². The van der Waals surface area contributed by atoms with Crippen molar-refractivity contribution in [1.29, 1.82) is 0 Å². The van der Waals surface area contributed by atoms with Gasteiger partial charge < -0.3 is 5.32 Å². The minimum atomic E-state index is -0.150. The Labute approximate surface area is 123 Å². The molecule has 1 heterocycles. The maximum absolute atomic E-state index is 12.1. The molecule has 5 heteroatoms. The first-order valence-electron chi connectivity index (χ1n) is 6.64. The van der Waals surface area contributed by atoms with Crippen LogP contribution >= 0.6 is 11.6 Å². The summed E-state index contributed by atoms with van der Waals surface area (Å²) in [5.74, 6) is -0.150. The second-order valence-electron chi connectivity index (χ2n) is 4.85. The van der Waals surface area contributed by atoms with Gasteiger partial charge in [-0.15, -0.1) is 0 Å². The smallest absolute Gasteiger partial charge is 0.272 e. The molecule has 0 aliphatic rings. The Bertz CT molecular complexity index is 621. The van der Waals surface area contributed by atoms with Crippen molar-refractivity contribution in [3.05, 3.63) is 46.7 Å². The van der Waals surface area contributed by atoms with Gasteiger partial charge in [-0.2, -0.15) is 5.10 Å². The predicted molar refractivity (Wildman–Crippen MR) is 80.5 cm³/mol. The van der Waals surface area contributed by atoms with Crippen LogP contribution in [-0.2, 0) is 0 Å². The summed E-state index contributed by atoms with van der Waals surface area (Å²) in [6, 6.07) is 9.30. The second-order valence-corrected chi connectivity index (χ2v) is 5.28. The number of carbonyl (C=O) groups excluding carboxylic acids is 1. The summed E-state index contributed by atoms with van der Waals surface area (Å²) in [6.07, 6.45) is 0.889. The molecule has 2 aromatic rings. The van der Waals surface area contributed by atoms with Crippen molar-refractivity contribution >= 4 is 17.5 Å². The molecule has 0 saturated carbocycles. The zero-order chi connectivity index (χ0) is 14.7. The van der Waals surface area contributed by atoms with E-state index in [1.54, 1.807) is 16.8 Å². The molecule has 1 unspecified atom stereocenters. The number of rotatable bonds is 4. The Morgan fingerprint density at radius 3 is 2.85 bits per heavy atom. The van der Waals surface area contributed by atoms with E-state index in [0.717, 1.165) is 17.8 Å². The topological polar surface area (TPSA) is 46.9 Å². The van der Waals surface area contributed by atoms with Gasteiger partial charge in [-0.05, 0) is 44.5 Å². The molecular weight excluding hydrogens is 274 g/mol. The first-order valence-corrected chi connectivity index (χ1v) is 7.02. The van der Waals surface area contributed by atoms with Gasteiger partial charge in [0, 0.05) is 16.8 Å². The van der Waals surface area contributed by atoms with E-state index in [0.29, 0.717) is 10.7 Å². The standard InChI is InChI=1S/C15H18ClN3O/c1-4-10(2)17-15(20)14-8-11(3)19(18-14)13-7-5-6-12(16)9-13/h5-10H,4H2,1-3H3,(H,17,20). The highest BCUT2D eigenvalue weighted by atomic mass is 35.5. The fraction of sp³-hybridized carbons (Fsp3) is 0.333. The van der Waals surface area contributed by atoms with E-state index in [2.05, 4.69) is 10.4 Å². The fourth-order valence-electron chi connectivity index (χ4n) is 1.85. The lowest BCUT2D eigenvalue weighted by molar-refractivity contribution is 0.0934. The molecular formula is C15H18ClN3O. The van der Waals surface area contributed by atoms with Gasteiger partial charge in [-0.1, -0.05) is 24.6 Å². The Morgan fingerprint density at radius 1 is 1.45 bits per heavy atom. The van der Waals surface area contributed by atoms with Crippen LogP contribution in [0.2, 0.25) is 5.02 Å². The molecule has 1 aromatic carbocycles. The van der Waals surface area contributed by atoms with E-state index < -0.39 is 0 Å².